The standard InChI is InChI=1S/C18H23FN4O4S.C16H21FN4O4.C3H6S/c1-12(28)20-9-14-10-23(18(26)27-14)13-2-3-16(15(19)8-13)21-4-6-22(7-5-21)17(25)11-24;17-13-7-11(21-9-12(8-18)25-16(21)24)1-2-14(13)19-3-5-20(6-4-19)15(23)10-22;1-3(2)4/h2-3,8,14,24H,4-7,9-11H2,1H3,(H,20,28);1-2,7,12,22H,3-6,8-10,18H2;1-2H3/t14-;12-;/m00./s1. The smallest absolute Gasteiger partial charge is 0.414 e. The zero-order chi connectivity index (χ0) is 41.8. The van der Waals surface area contributed by atoms with Gasteiger partial charge in [-0.2, -0.15) is 0 Å². The molecule has 0 radical (unpaired) electrons. The highest BCUT2D eigenvalue weighted by atomic mass is 32.1. The van der Waals surface area contributed by atoms with Gasteiger partial charge in [0.05, 0.1) is 47.4 Å². The largest absolute Gasteiger partial charge is 0.443 e. The van der Waals surface area contributed by atoms with Crippen LogP contribution in [-0.2, 0) is 19.1 Å². The molecular weight excluding hydrogens is 787 g/mol. The molecule has 4 heterocycles. The molecule has 5 N–H and O–H groups in total. The Labute approximate surface area is 341 Å². The summed E-state index contributed by atoms with van der Waals surface area (Å²) in [5.41, 5.74) is 7.20. The second-order valence-corrected chi connectivity index (χ2v) is 15.1. The summed E-state index contributed by atoms with van der Waals surface area (Å²) in [6.07, 6.45) is -1.78. The first-order valence-corrected chi connectivity index (χ1v) is 19.2. The molecule has 6 rings (SSSR count). The van der Waals surface area contributed by atoms with Crippen molar-refractivity contribution in [2.75, 3.05) is 111 Å². The van der Waals surface area contributed by atoms with Crippen LogP contribution < -0.4 is 30.7 Å². The maximum absolute atomic E-state index is 14.7. The van der Waals surface area contributed by atoms with E-state index in [9.17, 15) is 28.0 Å². The van der Waals surface area contributed by atoms with Crippen molar-refractivity contribution in [3.63, 3.8) is 0 Å². The van der Waals surface area contributed by atoms with E-state index in [2.05, 4.69) is 17.5 Å². The van der Waals surface area contributed by atoms with Crippen molar-refractivity contribution >= 4 is 81.0 Å². The van der Waals surface area contributed by atoms with Crippen molar-refractivity contribution in [1.82, 2.24) is 15.1 Å². The van der Waals surface area contributed by atoms with Gasteiger partial charge >= 0.3 is 12.2 Å². The molecule has 0 spiro atoms. The molecule has 0 saturated carbocycles. The number of aliphatic hydroxyl groups is 2. The predicted molar refractivity (Wildman–Crippen MR) is 219 cm³/mol. The van der Waals surface area contributed by atoms with E-state index in [0.717, 1.165) is 4.86 Å². The molecule has 4 saturated heterocycles. The molecule has 0 unspecified atom stereocenters. The minimum atomic E-state index is -0.529. The molecular formula is C37H50F2N8O8S2. The van der Waals surface area contributed by atoms with Crippen LogP contribution in [0.1, 0.15) is 20.8 Å². The summed E-state index contributed by atoms with van der Waals surface area (Å²) in [7, 11) is 0. The minimum Gasteiger partial charge on any atom is -0.443 e. The fourth-order valence-corrected chi connectivity index (χ4v) is 6.47. The summed E-state index contributed by atoms with van der Waals surface area (Å²) in [4.78, 5) is 58.1. The second-order valence-electron chi connectivity index (χ2n) is 13.6. The normalized spacial score (nSPS) is 19.2. The highest BCUT2D eigenvalue weighted by molar-refractivity contribution is 7.80. The summed E-state index contributed by atoms with van der Waals surface area (Å²) in [5.74, 6) is -1.53. The molecule has 4 fully saturated rings. The van der Waals surface area contributed by atoms with Crippen LogP contribution in [0.3, 0.4) is 0 Å². The third-order valence-corrected chi connectivity index (χ3v) is 9.44. The van der Waals surface area contributed by atoms with Crippen LogP contribution in [0.5, 0.6) is 0 Å². The Morgan fingerprint density at radius 1 is 0.737 bits per heavy atom. The number of ether oxygens (including phenoxy) is 2. The fraction of sp³-hybridized carbons (Fsp3) is 0.514. The Bertz CT molecular complexity index is 1770. The number of nitrogens with one attached hydrogen (secondary N) is 1. The van der Waals surface area contributed by atoms with Gasteiger partial charge in [-0.15, -0.1) is 0 Å². The van der Waals surface area contributed by atoms with Crippen LogP contribution >= 0.6 is 24.4 Å². The van der Waals surface area contributed by atoms with Gasteiger partial charge in [-0.3, -0.25) is 19.4 Å². The van der Waals surface area contributed by atoms with E-state index in [-0.39, 0.29) is 30.6 Å². The monoisotopic (exact) mass is 836 g/mol. The first-order chi connectivity index (χ1) is 27.1. The topological polar surface area (TPSA) is 185 Å². The molecule has 4 amide bonds. The number of aliphatic hydroxyl groups excluding tert-OH is 2. The molecule has 57 heavy (non-hydrogen) atoms. The molecule has 312 valence electrons. The lowest BCUT2D eigenvalue weighted by molar-refractivity contribution is -0.135. The van der Waals surface area contributed by atoms with E-state index in [1.165, 1.54) is 21.9 Å². The van der Waals surface area contributed by atoms with Gasteiger partial charge in [-0.25, -0.2) is 18.4 Å². The van der Waals surface area contributed by atoms with Crippen molar-refractivity contribution in [2.24, 2.45) is 5.73 Å². The molecule has 0 aromatic heterocycles. The van der Waals surface area contributed by atoms with E-state index in [4.69, 9.17) is 37.6 Å². The number of halogens is 2. The molecule has 2 atom stereocenters. The molecule has 4 aliphatic heterocycles. The van der Waals surface area contributed by atoms with E-state index in [1.54, 1.807) is 41.0 Å². The van der Waals surface area contributed by atoms with E-state index < -0.39 is 37.0 Å². The van der Waals surface area contributed by atoms with Gasteiger partial charge in [0, 0.05) is 58.9 Å². The number of hydrogen-bond donors (Lipinski definition) is 4. The molecule has 0 aliphatic carbocycles. The van der Waals surface area contributed by atoms with Crippen LogP contribution in [-0.4, -0.2) is 158 Å². The van der Waals surface area contributed by atoms with Gasteiger partial charge in [0.15, 0.2) is 0 Å². The summed E-state index contributed by atoms with van der Waals surface area (Å²) in [6, 6.07) is 9.24. The van der Waals surface area contributed by atoms with E-state index >= 15 is 0 Å². The average molecular weight is 837 g/mol. The molecule has 0 bridgehead atoms. The first-order valence-electron chi connectivity index (χ1n) is 18.4. The Kier molecular flexibility index (Phi) is 16.7. The highest BCUT2D eigenvalue weighted by Crippen LogP contribution is 2.30. The lowest BCUT2D eigenvalue weighted by Gasteiger charge is -2.36. The second kappa shape index (κ2) is 21.1. The molecule has 20 heteroatoms. The maximum atomic E-state index is 14.7. The van der Waals surface area contributed by atoms with Gasteiger partial charge < -0.3 is 50.3 Å². The van der Waals surface area contributed by atoms with E-state index in [1.807, 2.05) is 23.6 Å². The summed E-state index contributed by atoms with van der Waals surface area (Å²) < 4.78 is 39.6. The minimum absolute atomic E-state index is 0.222. The van der Waals surface area contributed by atoms with Gasteiger partial charge in [-0.05, 0) is 62.0 Å². The predicted octanol–water partition coefficient (Wildman–Crippen LogP) is 1.88. The van der Waals surface area contributed by atoms with Gasteiger partial charge in [-0.1, -0.05) is 24.4 Å². The van der Waals surface area contributed by atoms with Crippen molar-refractivity contribution in [3.8, 4) is 0 Å². The summed E-state index contributed by atoms with van der Waals surface area (Å²) in [5, 5.41) is 20.8. The molecule has 2 aromatic rings. The van der Waals surface area contributed by atoms with Crippen LogP contribution in [0.25, 0.3) is 0 Å². The summed E-state index contributed by atoms with van der Waals surface area (Å²) >= 11 is 9.49. The molecule has 2 aromatic carbocycles. The maximum Gasteiger partial charge on any atom is 0.414 e. The van der Waals surface area contributed by atoms with Crippen LogP contribution in [0.15, 0.2) is 36.4 Å². The number of cyclic esters (lactones) is 2. The third kappa shape index (κ3) is 12.4. The zero-order valence-electron chi connectivity index (χ0n) is 32.2. The number of carbonyl (C=O) groups is 4. The zero-order valence-corrected chi connectivity index (χ0v) is 33.8. The Morgan fingerprint density at radius 3 is 1.46 bits per heavy atom. The number of nitrogens with zero attached hydrogens (tertiary/aromatic N) is 6. The number of thiocarbonyl (C=S) groups is 2. The van der Waals surface area contributed by atoms with Gasteiger partial charge in [0.25, 0.3) is 0 Å². The molecule has 4 aliphatic rings. The van der Waals surface area contributed by atoms with Crippen molar-refractivity contribution < 1.29 is 47.6 Å². The number of rotatable bonds is 9. The summed E-state index contributed by atoms with van der Waals surface area (Å²) in [6.45, 7) is 9.35. The number of nitrogens with two attached hydrogens (primary N) is 1. The Hall–Kier alpha value is -4.76. The number of piperazine rings is 2. The average Bonchev–Trinajstić information content (AvgIpc) is 3.77. The first kappa shape index (κ1) is 44.9. The van der Waals surface area contributed by atoms with Gasteiger partial charge in [0.1, 0.15) is 37.1 Å². The number of benzene rings is 2. The van der Waals surface area contributed by atoms with E-state index in [0.29, 0.717) is 99.7 Å². The lowest BCUT2D eigenvalue weighted by Crippen LogP contribution is -2.49. The molecule has 16 nitrogen and oxygen atoms in total. The number of hydrogen-bond acceptors (Lipinski definition) is 13. The van der Waals surface area contributed by atoms with Gasteiger partial charge in [0.2, 0.25) is 11.8 Å². The Balaban J connectivity index is 0.000000232. The van der Waals surface area contributed by atoms with Crippen LogP contribution in [0, 0.1) is 11.6 Å². The fourth-order valence-electron chi connectivity index (χ4n) is 6.39. The van der Waals surface area contributed by atoms with Crippen LogP contribution in [0.4, 0.5) is 41.1 Å². The number of carbonyl (C=O) groups excluding carboxylic acids is 4. The lowest BCUT2D eigenvalue weighted by atomic mass is 10.2. The Morgan fingerprint density at radius 2 is 1.12 bits per heavy atom. The number of amides is 4. The highest BCUT2D eigenvalue weighted by Gasteiger charge is 2.34. The SMILES string of the molecule is CC(=S)NC[C@H]1CN(c2ccc(N3CCN(C(=O)CO)CC3)c(F)c2)C(=O)O1.CC(C)=S.NC[C@H]1CN(c2ccc(N3CCN(C(=O)CO)CC3)c(F)c2)C(=O)O1. The third-order valence-electron chi connectivity index (χ3n) is 9.29. The van der Waals surface area contributed by atoms with Crippen molar-refractivity contribution in [2.45, 2.75) is 33.0 Å². The van der Waals surface area contributed by atoms with Crippen LogP contribution in [0.2, 0.25) is 0 Å². The quantitative estimate of drug-likeness (QED) is 0.269. The van der Waals surface area contributed by atoms with Crippen molar-refractivity contribution in [1.29, 1.82) is 0 Å². The number of anilines is 4. The van der Waals surface area contributed by atoms with Crippen molar-refractivity contribution in [3.05, 3.63) is 48.0 Å².